The molecule has 3 aromatic rings. The number of hydrogen-bond acceptors (Lipinski definition) is 6. The molecule has 0 saturated heterocycles. The summed E-state index contributed by atoms with van der Waals surface area (Å²) in [5.74, 6) is 0.0380. The zero-order valence-corrected chi connectivity index (χ0v) is 16.0. The van der Waals surface area contributed by atoms with Crippen molar-refractivity contribution in [3.8, 4) is 0 Å². The standard InChI is InChI=1S/C18H18BrN5O2/c1-9(25)7-20-18-21-16(13-8-24(2)23-17(13)22-18)15-12-6-11(19)4-3-10(12)5-14(15)26/h3-4,6,8-9,15,25H,5,7H2,1-2H3,(H,20,22,23)/t9-,15?/m1/s1. The highest BCUT2D eigenvalue weighted by atomic mass is 79.9. The smallest absolute Gasteiger partial charge is 0.225 e. The predicted octanol–water partition coefficient (Wildman–Crippen LogP) is 2.18. The van der Waals surface area contributed by atoms with Crippen LogP contribution in [-0.4, -0.2) is 43.3 Å². The van der Waals surface area contributed by atoms with Gasteiger partial charge in [0.2, 0.25) is 5.95 Å². The molecule has 134 valence electrons. The van der Waals surface area contributed by atoms with Gasteiger partial charge in [0, 0.05) is 30.7 Å². The Morgan fingerprint density at radius 1 is 1.42 bits per heavy atom. The van der Waals surface area contributed by atoms with E-state index in [1.54, 1.807) is 11.6 Å². The van der Waals surface area contributed by atoms with Gasteiger partial charge in [0.25, 0.3) is 0 Å². The number of aliphatic hydroxyl groups excluding tert-OH is 1. The highest BCUT2D eigenvalue weighted by Crippen LogP contribution is 2.39. The number of anilines is 1. The Morgan fingerprint density at radius 3 is 3.00 bits per heavy atom. The molecule has 7 nitrogen and oxygen atoms in total. The Labute approximate surface area is 158 Å². The van der Waals surface area contributed by atoms with Gasteiger partial charge in [0.1, 0.15) is 0 Å². The summed E-state index contributed by atoms with van der Waals surface area (Å²) in [6, 6.07) is 5.91. The molecule has 0 radical (unpaired) electrons. The molecule has 1 aromatic carbocycles. The van der Waals surface area contributed by atoms with E-state index in [4.69, 9.17) is 0 Å². The summed E-state index contributed by atoms with van der Waals surface area (Å²) in [7, 11) is 1.81. The number of aliphatic hydroxyl groups is 1. The Hall–Kier alpha value is -2.32. The lowest BCUT2D eigenvalue weighted by atomic mass is 9.95. The zero-order valence-electron chi connectivity index (χ0n) is 14.4. The average Bonchev–Trinajstić information content (AvgIpc) is 3.10. The minimum absolute atomic E-state index is 0.114. The minimum atomic E-state index is -0.536. The van der Waals surface area contributed by atoms with Gasteiger partial charge in [-0.2, -0.15) is 10.1 Å². The lowest BCUT2D eigenvalue weighted by Gasteiger charge is -2.14. The molecule has 2 heterocycles. The first-order valence-electron chi connectivity index (χ1n) is 8.36. The minimum Gasteiger partial charge on any atom is -0.392 e. The molecule has 0 bridgehead atoms. The summed E-state index contributed by atoms with van der Waals surface area (Å²) in [4.78, 5) is 21.8. The number of nitrogens with zero attached hydrogens (tertiary/aromatic N) is 4. The summed E-state index contributed by atoms with van der Waals surface area (Å²) in [6.45, 7) is 2.00. The van der Waals surface area contributed by atoms with Gasteiger partial charge in [-0.25, -0.2) is 4.98 Å². The second-order valence-electron chi connectivity index (χ2n) is 6.62. The van der Waals surface area contributed by atoms with E-state index < -0.39 is 12.0 Å². The molecule has 1 aliphatic carbocycles. The van der Waals surface area contributed by atoms with E-state index in [1.807, 2.05) is 31.4 Å². The maximum absolute atomic E-state index is 12.8. The predicted molar refractivity (Wildman–Crippen MR) is 101 cm³/mol. The molecule has 0 aliphatic heterocycles. The second kappa shape index (κ2) is 6.44. The van der Waals surface area contributed by atoms with Gasteiger partial charge in [-0.05, 0) is 30.2 Å². The molecule has 0 saturated carbocycles. The van der Waals surface area contributed by atoms with Crippen LogP contribution in [0.3, 0.4) is 0 Å². The second-order valence-corrected chi connectivity index (χ2v) is 7.54. The first-order chi connectivity index (χ1) is 12.4. The van der Waals surface area contributed by atoms with E-state index in [2.05, 4.69) is 36.3 Å². The summed E-state index contributed by atoms with van der Waals surface area (Å²) in [5, 5.41) is 17.7. The molecular formula is C18H18BrN5O2. The van der Waals surface area contributed by atoms with Crippen molar-refractivity contribution in [2.24, 2.45) is 7.05 Å². The van der Waals surface area contributed by atoms with Crippen LogP contribution in [0.15, 0.2) is 28.9 Å². The quantitative estimate of drug-likeness (QED) is 0.678. The molecule has 2 N–H and O–H groups in total. The number of aryl methyl sites for hydroxylation is 1. The summed E-state index contributed by atoms with van der Waals surface area (Å²) in [5.41, 5.74) is 3.17. The number of nitrogens with one attached hydrogen (secondary N) is 1. The Bertz CT molecular complexity index is 1010. The fourth-order valence-electron chi connectivity index (χ4n) is 3.34. The number of benzene rings is 1. The molecule has 26 heavy (non-hydrogen) atoms. The largest absolute Gasteiger partial charge is 0.392 e. The average molecular weight is 416 g/mol. The van der Waals surface area contributed by atoms with Gasteiger partial charge in [-0.1, -0.05) is 22.0 Å². The van der Waals surface area contributed by atoms with Crippen molar-refractivity contribution in [1.82, 2.24) is 19.7 Å². The molecule has 1 aliphatic rings. The third-order valence-corrected chi connectivity index (χ3v) is 4.95. The van der Waals surface area contributed by atoms with E-state index in [9.17, 15) is 9.90 Å². The number of halogens is 1. The number of carbonyl (C=O) groups excluding carboxylic acids is 1. The Balaban J connectivity index is 1.88. The summed E-state index contributed by atoms with van der Waals surface area (Å²) >= 11 is 3.49. The number of aromatic nitrogens is 4. The lowest BCUT2D eigenvalue weighted by Crippen LogP contribution is -2.18. The number of ketones is 1. The number of hydrogen-bond donors (Lipinski definition) is 2. The fourth-order valence-corrected chi connectivity index (χ4v) is 3.72. The maximum atomic E-state index is 12.8. The van der Waals surface area contributed by atoms with Crippen LogP contribution in [0.5, 0.6) is 0 Å². The van der Waals surface area contributed by atoms with E-state index in [-0.39, 0.29) is 5.78 Å². The van der Waals surface area contributed by atoms with Crippen LogP contribution in [-0.2, 0) is 18.3 Å². The van der Waals surface area contributed by atoms with E-state index in [1.165, 1.54) is 0 Å². The SMILES string of the molecule is C[C@@H](O)CNc1nc(C2C(=O)Cc3ccc(Br)cc32)c2cn(C)nc2n1. The zero-order chi connectivity index (χ0) is 18.4. The van der Waals surface area contributed by atoms with Gasteiger partial charge in [0.05, 0.1) is 23.1 Å². The molecule has 0 amide bonds. The van der Waals surface area contributed by atoms with Crippen LogP contribution in [0.4, 0.5) is 5.95 Å². The van der Waals surface area contributed by atoms with Crippen LogP contribution >= 0.6 is 15.9 Å². The van der Waals surface area contributed by atoms with E-state index in [0.29, 0.717) is 30.3 Å². The van der Waals surface area contributed by atoms with Crippen molar-refractivity contribution in [2.75, 3.05) is 11.9 Å². The van der Waals surface area contributed by atoms with Gasteiger partial charge in [-0.15, -0.1) is 0 Å². The van der Waals surface area contributed by atoms with Crippen LogP contribution in [0.1, 0.15) is 29.7 Å². The molecule has 4 rings (SSSR count). The van der Waals surface area contributed by atoms with Crippen molar-refractivity contribution in [3.05, 3.63) is 45.7 Å². The number of rotatable bonds is 4. The number of carbonyl (C=O) groups is 1. The topological polar surface area (TPSA) is 92.9 Å². The Kier molecular flexibility index (Phi) is 4.24. The van der Waals surface area contributed by atoms with Gasteiger partial charge < -0.3 is 10.4 Å². The highest BCUT2D eigenvalue weighted by molar-refractivity contribution is 9.10. The maximum Gasteiger partial charge on any atom is 0.225 e. The Morgan fingerprint density at radius 2 is 2.23 bits per heavy atom. The lowest BCUT2D eigenvalue weighted by molar-refractivity contribution is -0.118. The normalized spacial score (nSPS) is 17.5. The van der Waals surface area contributed by atoms with Gasteiger partial charge in [-0.3, -0.25) is 9.48 Å². The van der Waals surface area contributed by atoms with Crippen LogP contribution < -0.4 is 5.32 Å². The van der Waals surface area contributed by atoms with Crippen LogP contribution in [0.25, 0.3) is 11.0 Å². The van der Waals surface area contributed by atoms with Crippen LogP contribution in [0.2, 0.25) is 0 Å². The summed E-state index contributed by atoms with van der Waals surface area (Å²) < 4.78 is 2.60. The van der Waals surface area contributed by atoms with E-state index >= 15 is 0 Å². The molecule has 1 unspecified atom stereocenters. The molecule has 8 heteroatoms. The van der Waals surface area contributed by atoms with Crippen LogP contribution in [0, 0.1) is 0 Å². The molecular weight excluding hydrogens is 398 g/mol. The van der Waals surface area contributed by atoms with Crippen molar-refractivity contribution in [3.63, 3.8) is 0 Å². The third-order valence-electron chi connectivity index (χ3n) is 4.46. The van der Waals surface area contributed by atoms with Crippen molar-refractivity contribution in [2.45, 2.75) is 25.4 Å². The monoisotopic (exact) mass is 415 g/mol. The van der Waals surface area contributed by atoms with Gasteiger partial charge in [0.15, 0.2) is 11.4 Å². The number of Topliss-reactive ketones (excluding diaryl/α,β-unsaturated/α-hetero) is 1. The molecule has 2 atom stereocenters. The summed E-state index contributed by atoms with van der Waals surface area (Å²) in [6.07, 6.45) is 1.70. The van der Waals surface area contributed by atoms with E-state index in [0.717, 1.165) is 21.0 Å². The highest BCUT2D eigenvalue weighted by Gasteiger charge is 2.35. The molecule has 0 spiro atoms. The van der Waals surface area contributed by atoms with Crippen molar-refractivity contribution >= 4 is 38.7 Å². The first-order valence-corrected chi connectivity index (χ1v) is 9.16. The first kappa shape index (κ1) is 17.1. The fraction of sp³-hybridized carbons (Fsp3) is 0.333. The molecule has 0 fully saturated rings. The molecule has 2 aromatic heterocycles. The third kappa shape index (κ3) is 2.99. The van der Waals surface area contributed by atoms with Gasteiger partial charge >= 0.3 is 0 Å². The van der Waals surface area contributed by atoms with Crippen molar-refractivity contribution in [1.29, 1.82) is 0 Å². The van der Waals surface area contributed by atoms with Crippen molar-refractivity contribution < 1.29 is 9.90 Å². The number of fused-ring (bicyclic) bond motifs is 2.